The van der Waals surface area contributed by atoms with E-state index in [1.807, 2.05) is 30.3 Å². The Hall–Kier alpha value is -1.76. The van der Waals surface area contributed by atoms with E-state index in [9.17, 15) is 13.0 Å². The number of hydrogen-bond acceptors (Lipinski definition) is 4. The molecule has 2 aromatic carbocycles. The van der Waals surface area contributed by atoms with Crippen molar-refractivity contribution in [3.8, 4) is 0 Å². The van der Waals surface area contributed by atoms with Crippen molar-refractivity contribution < 1.29 is 13.0 Å². The fourth-order valence-corrected chi connectivity index (χ4v) is 3.01. The average Bonchev–Trinajstić information content (AvgIpc) is 2.39. The van der Waals surface area contributed by atoms with Gasteiger partial charge in [-0.2, -0.15) is 8.42 Å². The zero-order chi connectivity index (χ0) is 14.8. The Morgan fingerprint density at radius 3 is 2.40 bits per heavy atom. The van der Waals surface area contributed by atoms with Crippen molar-refractivity contribution in [2.24, 2.45) is 0 Å². The van der Waals surface area contributed by atoms with E-state index in [0.717, 1.165) is 5.56 Å². The van der Waals surface area contributed by atoms with Gasteiger partial charge >= 0.3 is 0 Å². The van der Waals surface area contributed by atoms with Crippen LogP contribution in [0, 0.1) is 0 Å². The van der Waals surface area contributed by atoms with Gasteiger partial charge in [-0.25, -0.2) is 0 Å². The van der Waals surface area contributed by atoms with E-state index in [4.69, 9.17) is 17.3 Å². The van der Waals surface area contributed by atoms with Crippen LogP contribution in [0.2, 0.25) is 5.02 Å². The topological polar surface area (TPSA) is 92.4 Å². The molecular formula is C13H13ClN2O3S. The largest absolute Gasteiger partial charge is 0.397 e. The molecule has 0 unspecified atom stereocenters. The number of nitrogen functional groups attached to an aromatic ring is 1. The number of anilines is 2. The van der Waals surface area contributed by atoms with Crippen molar-refractivity contribution in [2.45, 2.75) is 11.4 Å². The molecule has 0 aliphatic heterocycles. The third-order valence-corrected chi connectivity index (χ3v) is 4.08. The van der Waals surface area contributed by atoms with E-state index in [1.54, 1.807) is 0 Å². The first-order valence-corrected chi connectivity index (χ1v) is 7.54. The maximum atomic E-state index is 11.4. The number of nitrogens with two attached hydrogens (primary N) is 1. The molecule has 0 spiro atoms. The molecule has 0 heterocycles. The summed E-state index contributed by atoms with van der Waals surface area (Å²) in [6.45, 7) is 0.355. The van der Waals surface area contributed by atoms with Crippen LogP contribution in [0.4, 0.5) is 11.4 Å². The van der Waals surface area contributed by atoms with Crippen molar-refractivity contribution in [3.05, 3.63) is 53.1 Å². The summed E-state index contributed by atoms with van der Waals surface area (Å²) in [4.78, 5) is -0.407. The minimum atomic E-state index is -4.47. The molecule has 0 atom stereocenters. The first-order valence-electron chi connectivity index (χ1n) is 5.73. The van der Waals surface area contributed by atoms with E-state index >= 15 is 0 Å². The van der Waals surface area contributed by atoms with Crippen molar-refractivity contribution >= 4 is 33.1 Å². The highest BCUT2D eigenvalue weighted by Crippen LogP contribution is 2.34. The molecule has 0 bridgehead atoms. The van der Waals surface area contributed by atoms with E-state index in [2.05, 4.69) is 5.32 Å². The smallest absolute Gasteiger partial charge is 0.298 e. The fourth-order valence-electron chi connectivity index (χ4n) is 1.79. The minimum absolute atomic E-state index is 0.0859. The summed E-state index contributed by atoms with van der Waals surface area (Å²) >= 11 is 5.83. The van der Waals surface area contributed by atoms with Crippen LogP contribution in [-0.4, -0.2) is 13.0 Å². The van der Waals surface area contributed by atoms with E-state index < -0.39 is 15.0 Å². The number of hydrogen-bond donors (Lipinski definition) is 3. The van der Waals surface area contributed by atoms with Crippen LogP contribution < -0.4 is 11.1 Å². The van der Waals surface area contributed by atoms with E-state index in [0.29, 0.717) is 6.54 Å². The Labute approximate surface area is 122 Å². The number of nitrogens with one attached hydrogen (secondary N) is 1. The van der Waals surface area contributed by atoms with Gasteiger partial charge < -0.3 is 11.1 Å². The van der Waals surface area contributed by atoms with Crippen molar-refractivity contribution in [2.75, 3.05) is 11.1 Å². The molecule has 0 aliphatic carbocycles. The monoisotopic (exact) mass is 312 g/mol. The molecule has 0 amide bonds. The van der Waals surface area contributed by atoms with Gasteiger partial charge in [-0.3, -0.25) is 4.55 Å². The second-order valence-electron chi connectivity index (χ2n) is 4.15. The molecule has 0 radical (unpaired) electrons. The zero-order valence-electron chi connectivity index (χ0n) is 10.4. The van der Waals surface area contributed by atoms with Crippen molar-refractivity contribution in [1.82, 2.24) is 0 Å². The summed E-state index contributed by atoms with van der Waals surface area (Å²) in [6, 6.07) is 12.2. The van der Waals surface area contributed by atoms with Gasteiger partial charge in [0.05, 0.1) is 16.4 Å². The SMILES string of the molecule is Nc1ccc(Cl)c(S(=O)(=O)O)c1NCc1ccccc1. The standard InChI is InChI=1S/C13H13ClN2O3S/c14-10-6-7-11(15)12(13(10)20(17,18)19)16-8-9-4-2-1-3-5-9/h1-7,16H,8,15H2,(H,17,18,19). The maximum Gasteiger partial charge on any atom is 0.298 e. The van der Waals surface area contributed by atoms with Crippen LogP contribution in [0.5, 0.6) is 0 Å². The van der Waals surface area contributed by atoms with Crippen LogP contribution in [-0.2, 0) is 16.7 Å². The lowest BCUT2D eigenvalue weighted by Crippen LogP contribution is -2.09. The summed E-state index contributed by atoms with van der Waals surface area (Å²) in [7, 11) is -4.47. The number of rotatable bonds is 4. The Bertz CT molecular complexity index is 718. The Morgan fingerprint density at radius 2 is 1.80 bits per heavy atom. The van der Waals surface area contributed by atoms with Gasteiger partial charge in [-0.15, -0.1) is 0 Å². The molecule has 2 rings (SSSR count). The van der Waals surface area contributed by atoms with Gasteiger partial charge in [0, 0.05) is 6.54 Å². The molecule has 0 saturated carbocycles. The van der Waals surface area contributed by atoms with E-state index in [1.165, 1.54) is 12.1 Å². The number of halogens is 1. The molecule has 7 heteroatoms. The van der Waals surface area contributed by atoms with Crippen LogP contribution in [0.25, 0.3) is 0 Å². The van der Waals surface area contributed by atoms with Crippen LogP contribution in [0.15, 0.2) is 47.4 Å². The zero-order valence-corrected chi connectivity index (χ0v) is 11.9. The lowest BCUT2D eigenvalue weighted by molar-refractivity contribution is 0.483. The van der Waals surface area contributed by atoms with Gasteiger partial charge in [-0.05, 0) is 17.7 Å². The molecular weight excluding hydrogens is 300 g/mol. The van der Waals surface area contributed by atoms with E-state index in [-0.39, 0.29) is 16.4 Å². The molecule has 4 N–H and O–H groups in total. The average molecular weight is 313 g/mol. The molecule has 0 aromatic heterocycles. The first-order chi connectivity index (χ1) is 9.39. The van der Waals surface area contributed by atoms with Gasteiger partial charge in [0.25, 0.3) is 10.1 Å². The second-order valence-corrected chi connectivity index (χ2v) is 5.92. The minimum Gasteiger partial charge on any atom is -0.397 e. The van der Waals surface area contributed by atoms with Crippen LogP contribution in [0.3, 0.4) is 0 Å². The van der Waals surface area contributed by atoms with Crippen LogP contribution in [0.1, 0.15) is 5.56 Å². The summed E-state index contributed by atoms with van der Waals surface area (Å²) in [6.07, 6.45) is 0. The predicted octanol–water partition coefficient (Wildman–Crippen LogP) is 2.78. The van der Waals surface area contributed by atoms with Crippen molar-refractivity contribution in [3.63, 3.8) is 0 Å². The van der Waals surface area contributed by atoms with Crippen molar-refractivity contribution in [1.29, 1.82) is 0 Å². The van der Waals surface area contributed by atoms with Gasteiger partial charge in [-0.1, -0.05) is 41.9 Å². The molecule has 5 nitrogen and oxygen atoms in total. The first kappa shape index (κ1) is 14.6. The third-order valence-electron chi connectivity index (χ3n) is 2.71. The Balaban J connectivity index is 2.39. The summed E-state index contributed by atoms with van der Waals surface area (Å²) in [5.74, 6) is 0. The summed E-state index contributed by atoms with van der Waals surface area (Å²) in [5, 5.41) is 2.81. The normalized spacial score (nSPS) is 11.3. The summed E-state index contributed by atoms with van der Waals surface area (Å²) in [5.41, 5.74) is 6.99. The Kier molecular flexibility index (Phi) is 4.17. The highest BCUT2D eigenvalue weighted by atomic mass is 35.5. The highest BCUT2D eigenvalue weighted by Gasteiger charge is 2.21. The molecule has 20 heavy (non-hydrogen) atoms. The maximum absolute atomic E-state index is 11.4. The third kappa shape index (κ3) is 3.22. The van der Waals surface area contributed by atoms with Gasteiger partial charge in [0.2, 0.25) is 0 Å². The predicted molar refractivity (Wildman–Crippen MR) is 79.4 cm³/mol. The molecule has 0 saturated heterocycles. The molecule has 106 valence electrons. The Morgan fingerprint density at radius 1 is 1.15 bits per heavy atom. The summed E-state index contributed by atoms with van der Waals surface area (Å²) < 4.78 is 32.1. The lowest BCUT2D eigenvalue weighted by Gasteiger charge is -2.14. The fraction of sp³-hybridized carbons (Fsp3) is 0.0769. The molecule has 0 fully saturated rings. The highest BCUT2D eigenvalue weighted by molar-refractivity contribution is 7.86. The molecule has 0 aliphatic rings. The lowest BCUT2D eigenvalue weighted by atomic mass is 10.2. The molecule has 2 aromatic rings. The van der Waals surface area contributed by atoms with Gasteiger partial charge in [0.15, 0.2) is 0 Å². The number of benzene rings is 2. The quantitative estimate of drug-likeness (QED) is 0.596. The van der Waals surface area contributed by atoms with Crippen LogP contribution >= 0.6 is 11.6 Å². The van der Waals surface area contributed by atoms with Gasteiger partial charge in [0.1, 0.15) is 4.90 Å². The second kappa shape index (κ2) is 5.70.